The maximum Gasteiger partial charge on any atom is 0.374 e. The average molecular weight is 207 g/mol. The summed E-state index contributed by atoms with van der Waals surface area (Å²) in [6, 6.07) is 3.11. The van der Waals surface area contributed by atoms with Crippen LogP contribution in [0.15, 0.2) is 24.5 Å². The Labute approximate surface area is 86.1 Å². The Morgan fingerprint density at radius 1 is 1.40 bits per heavy atom. The van der Waals surface area contributed by atoms with Gasteiger partial charge in [0.2, 0.25) is 5.78 Å². The number of nitrogens with zero attached hydrogens (tertiary/aromatic N) is 1. The van der Waals surface area contributed by atoms with E-state index in [1.165, 1.54) is 18.5 Å². The molecule has 0 saturated heterocycles. The molecule has 0 aliphatic carbocycles. The lowest BCUT2D eigenvalue weighted by Gasteiger charge is -1.98. The molecule has 0 saturated carbocycles. The lowest BCUT2D eigenvalue weighted by molar-refractivity contribution is -0.151. The number of Topliss-reactive ketones (excluding diaryl/α,β-unsaturated/α-hetero) is 2. The number of ketones is 2. The van der Waals surface area contributed by atoms with Crippen LogP contribution in [0.25, 0.3) is 0 Å². The Morgan fingerprint density at radius 2 is 2.13 bits per heavy atom. The molecule has 0 spiro atoms. The summed E-state index contributed by atoms with van der Waals surface area (Å²) >= 11 is 0. The van der Waals surface area contributed by atoms with Crippen molar-refractivity contribution in [2.75, 3.05) is 7.11 Å². The molecule has 0 aromatic carbocycles. The van der Waals surface area contributed by atoms with E-state index in [0.717, 1.165) is 7.11 Å². The first-order chi connectivity index (χ1) is 7.15. The van der Waals surface area contributed by atoms with Gasteiger partial charge in [0.15, 0.2) is 5.78 Å². The van der Waals surface area contributed by atoms with E-state index in [-0.39, 0.29) is 0 Å². The van der Waals surface area contributed by atoms with Crippen molar-refractivity contribution in [2.24, 2.45) is 0 Å². The number of aromatic nitrogens is 1. The van der Waals surface area contributed by atoms with Crippen LogP contribution in [0.1, 0.15) is 16.8 Å². The van der Waals surface area contributed by atoms with Crippen LogP contribution in [0.4, 0.5) is 0 Å². The summed E-state index contributed by atoms with van der Waals surface area (Å²) in [5, 5.41) is 0. The molecule has 5 nitrogen and oxygen atoms in total. The first-order valence-electron chi connectivity index (χ1n) is 4.19. The van der Waals surface area contributed by atoms with Crippen molar-refractivity contribution in [3.8, 4) is 0 Å². The van der Waals surface area contributed by atoms with Crippen molar-refractivity contribution >= 4 is 17.5 Å². The van der Waals surface area contributed by atoms with Gasteiger partial charge in [-0.05, 0) is 12.1 Å². The minimum absolute atomic E-state index is 0.301. The van der Waals surface area contributed by atoms with Crippen molar-refractivity contribution in [1.82, 2.24) is 4.98 Å². The number of rotatable bonds is 4. The minimum atomic E-state index is -1.01. The molecule has 15 heavy (non-hydrogen) atoms. The Kier molecular flexibility index (Phi) is 3.68. The molecule has 0 bridgehead atoms. The standard InChI is InChI=1S/C10H9NO4/c1-15-10(14)9(13)5-8(12)7-3-2-4-11-6-7/h2-4,6H,5H2,1H3. The quantitative estimate of drug-likeness (QED) is 0.309. The fourth-order valence-corrected chi connectivity index (χ4v) is 0.962. The monoisotopic (exact) mass is 207 g/mol. The van der Waals surface area contributed by atoms with Crippen LogP contribution in [0, 0.1) is 0 Å². The summed E-state index contributed by atoms with van der Waals surface area (Å²) in [6.07, 6.45) is 2.37. The summed E-state index contributed by atoms with van der Waals surface area (Å²) in [5.74, 6) is -2.31. The van der Waals surface area contributed by atoms with Crippen LogP contribution >= 0.6 is 0 Å². The lowest BCUT2D eigenvalue weighted by Crippen LogP contribution is -2.19. The molecular weight excluding hydrogens is 198 g/mol. The second-order valence-electron chi connectivity index (χ2n) is 2.76. The molecule has 0 fully saturated rings. The molecule has 1 aromatic rings. The van der Waals surface area contributed by atoms with Crippen molar-refractivity contribution in [3.63, 3.8) is 0 Å². The number of esters is 1. The number of ether oxygens (including phenoxy) is 1. The van der Waals surface area contributed by atoms with E-state index in [2.05, 4.69) is 9.72 Å². The van der Waals surface area contributed by atoms with Crippen LogP contribution in [-0.2, 0) is 14.3 Å². The zero-order valence-electron chi connectivity index (χ0n) is 8.10. The first-order valence-corrected chi connectivity index (χ1v) is 4.19. The number of methoxy groups -OCH3 is 1. The predicted octanol–water partition coefficient (Wildman–Crippen LogP) is 0.396. The van der Waals surface area contributed by atoms with Crippen molar-refractivity contribution in [1.29, 1.82) is 0 Å². The molecule has 0 N–H and O–H groups in total. The van der Waals surface area contributed by atoms with E-state index >= 15 is 0 Å². The lowest BCUT2D eigenvalue weighted by atomic mass is 10.1. The van der Waals surface area contributed by atoms with Crippen LogP contribution in [-0.4, -0.2) is 29.6 Å². The van der Waals surface area contributed by atoms with Crippen molar-refractivity contribution < 1.29 is 19.1 Å². The van der Waals surface area contributed by atoms with Gasteiger partial charge in [0.1, 0.15) is 0 Å². The second kappa shape index (κ2) is 4.99. The van der Waals surface area contributed by atoms with E-state index in [1.54, 1.807) is 6.07 Å². The summed E-state index contributed by atoms with van der Waals surface area (Å²) in [6.45, 7) is 0. The van der Waals surface area contributed by atoms with Crippen LogP contribution < -0.4 is 0 Å². The largest absolute Gasteiger partial charge is 0.463 e. The summed E-state index contributed by atoms with van der Waals surface area (Å²) < 4.78 is 4.19. The smallest absolute Gasteiger partial charge is 0.374 e. The zero-order chi connectivity index (χ0) is 11.3. The maximum atomic E-state index is 11.4. The molecule has 78 valence electrons. The third-order valence-corrected chi connectivity index (χ3v) is 1.72. The Bertz CT molecular complexity index is 386. The van der Waals surface area contributed by atoms with Gasteiger partial charge >= 0.3 is 5.97 Å². The average Bonchev–Trinajstić information content (AvgIpc) is 2.29. The summed E-state index contributed by atoms with van der Waals surface area (Å²) in [5.41, 5.74) is 0.301. The van der Waals surface area contributed by atoms with Gasteiger partial charge in [0.25, 0.3) is 0 Å². The van der Waals surface area contributed by atoms with Crippen LogP contribution in [0.2, 0.25) is 0 Å². The van der Waals surface area contributed by atoms with E-state index in [4.69, 9.17) is 0 Å². The Balaban J connectivity index is 2.65. The highest BCUT2D eigenvalue weighted by molar-refractivity contribution is 6.38. The van der Waals surface area contributed by atoms with Crippen molar-refractivity contribution in [2.45, 2.75) is 6.42 Å². The minimum Gasteiger partial charge on any atom is -0.463 e. The van der Waals surface area contributed by atoms with Gasteiger partial charge in [-0.25, -0.2) is 4.79 Å². The third kappa shape index (κ3) is 2.98. The molecule has 1 aromatic heterocycles. The summed E-state index contributed by atoms with van der Waals surface area (Å²) in [4.78, 5) is 36.9. The molecule has 0 unspecified atom stereocenters. The van der Waals surface area contributed by atoms with Gasteiger partial charge in [-0.1, -0.05) is 0 Å². The molecule has 0 aliphatic heterocycles. The number of carbonyl (C=O) groups is 3. The van der Waals surface area contributed by atoms with Crippen LogP contribution in [0.3, 0.4) is 0 Å². The molecule has 0 radical (unpaired) electrons. The second-order valence-corrected chi connectivity index (χ2v) is 2.76. The van der Waals surface area contributed by atoms with Gasteiger partial charge in [0, 0.05) is 18.0 Å². The maximum absolute atomic E-state index is 11.4. The van der Waals surface area contributed by atoms with E-state index in [1.807, 2.05) is 0 Å². The number of hydrogen-bond acceptors (Lipinski definition) is 5. The highest BCUT2D eigenvalue weighted by atomic mass is 16.5. The molecular formula is C10H9NO4. The fourth-order valence-electron chi connectivity index (χ4n) is 0.962. The predicted molar refractivity (Wildman–Crippen MR) is 50.2 cm³/mol. The fraction of sp³-hybridized carbons (Fsp3) is 0.200. The summed E-state index contributed by atoms with van der Waals surface area (Å²) in [7, 11) is 1.09. The molecule has 1 rings (SSSR count). The first kappa shape index (κ1) is 11.0. The molecule has 1 heterocycles. The van der Waals surface area contributed by atoms with Gasteiger partial charge < -0.3 is 4.74 Å². The molecule has 0 amide bonds. The van der Waals surface area contributed by atoms with Gasteiger partial charge in [-0.2, -0.15) is 0 Å². The highest BCUT2D eigenvalue weighted by Gasteiger charge is 2.19. The van der Waals surface area contributed by atoms with Crippen molar-refractivity contribution in [3.05, 3.63) is 30.1 Å². The van der Waals surface area contributed by atoms with E-state index in [9.17, 15) is 14.4 Å². The third-order valence-electron chi connectivity index (χ3n) is 1.72. The van der Waals surface area contributed by atoms with E-state index < -0.39 is 24.0 Å². The Hall–Kier alpha value is -2.04. The van der Waals surface area contributed by atoms with Crippen LogP contribution in [0.5, 0.6) is 0 Å². The normalized spacial score (nSPS) is 9.40. The van der Waals surface area contributed by atoms with Gasteiger partial charge in [-0.15, -0.1) is 0 Å². The zero-order valence-corrected chi connectivity index (χ0v) is 8.10. The SMILES string of the molecule is COC(=O)C(=O)CC(=O)c1cccnc1. The molecule has 0 atom stereocenters. The Morgan fingerprint density at radius 3 is 2.67 bits per heavy atom. The molecule has 0 aliphatic rings. The van der Waals surface area contributed by atoms with Gasteiger partial charge in [-0.3, -0.25) is 14.6 Å². The van der Waals surface area contributed by atoms with Gasteiger partial charge in [0.05, 0.1) is 13.5 Å². The molecule has 5 heteroatoms. The number of pyridine rings is 1. The highest BCUT2D eigenvalue weighted by Crippen LogP contribution is 2.01. The number of hydrogen-bond donors (Lipinski definition) is 0. The van der Waals surface area contributed by atoms with E-state index in [0.29, 0.717) is 5.56 Å². The number of carbonyl (C=O) groups excluding carboxylic acids is 3. The topological polar surface area (TPSA) is 73.3 Å².